The van der Waals surface area contributed by atoms with Crippen LogP contribution in [0.4, 0.5) is 0 Å². The van der Waals surface area contributed by atoms with E-state index in [0.717, 1.165) is 19.5 Å². The Morgan fingerprint density at radius 1 is 1.45 bits per heavy atom. The maximum Gasteiger partial charge on any atom is 0.0472 e. The van der Waals surface area contributed by atoms with Crippen molar-refractivity contribution in [1.29, 1.82) is 0 Å². The lowest BCUT2D eigenvalue weighted by atomic mass is 9.96. The quantitative estimate of drug-likeness (QED) is 0.570. The number of rotatable bonds is 2. The fourth-order valence-electron chi connectivity index (χ4n) is 1.54. The molecule has 1 aliphatic heterocycles. The normalized spacial score (nSPS) is 32.7. The summed E-state index contributed by atoms with van der Waals surface area (Å²) < 4.78 is 0. The number of hydrogen-bond acceptors (Lipinski definition) is 3. The van der Waals surface area contributed by atoms with Crippen LogP contribution in [0.2, 0.25) is 0 Å². The van der Waals surface area contributed by atoms with Gasteiger partial charge in [0.05, 0.1) is 0 Å². The Balaban J connectivity index is 2.33. The third-order valence-corrected chi connectivity index (χ3v) is 2.41. The summed E-state index contributed by atoms with van der Waals surface area (Å²) in [4.78, 5) is 2.22. The van der Waals surface area contributed by atoms with E-state index in [4.69, 9.17) is 5.11 Å². The van der Waals surface area contributed by atoms with E-state index < -0.39 is 0 Å². The molecule has 0 aromatic rings. The van der Waals surface area contributed by atoms with Crippen molar-refractivity contribution in [3.8, 4) is 0 Å². The zero-order valence-corrected chi connectivity index (χ0v) is 7.38. The average molecular weight is 158 g/mol. The lowest BCUT2D eigenvalue weighted by Gasteiger charge is -2.33. The van der Waals surface area contributed by atoms with Crippen molar-refractivity contribution in [1.82, 2.24) is 10.2 Å². The molecule has 0 aromatic carbocycles. The topological polar surface area (TPSA) is 35.5 Å². The Kier molecular flexibility index (Phi) is 3.30. The highest BCUT2D eigenvalue weighted by Gasteiger charge is 2.21. The molecule has 0 saturated carbocycles. The van der Waals surface area contributed by atoms with E-state index in [-0.39, 0.29) is 0 Å². The Morgan fingerprint density at radius 3 is 2.73 bits per heavy atom. The predicted molar refractivity (Wildman–Crippen MR) is 45.5 cm³/mol. The van der Waals surface area contributed by atoms with Crippen LogP contribution in [0.15, 0.2) is 0 Å². The molecule has 0 aromatic heterocycles. The van der Waals surface area contributed by atoms with Crippen LogP contribution in [0, 0.1) is 5.92 Å². The van der Waals surface area contributed by atoms with E-state index >= 15 is 0 Å². The van der Waals surface area contributed by atoms with Gasteiger partial charge in [0.25, 0.3) is 0 Å². The first-order valence-corrected chi connectivity index (χ1v) is 4.22. The monoisotopic (exact) mass is 158 g/mol. The highest BCUT2D eigenvalue weighted by molar-refractivity contribution is 4.80. The fraction of sp³-hybridized carbons (Fsp3) is 1.00. The van der Waals surface area contributed by atoms with Crippen LogP contribution in [0.5, 0.6) is 0 Å². The number of likely N-dealkylation sites (N-methyl/N-ethyl adjacent to an activating group) is 1. The molecule has 3 nitrogen and oxygen atoms in total. The SMILES string of the molecule is CN(C)C1CNCC(CO)C1. The van der Waals surface area contributed by atoms with E-state index in [1.165, 1.54) is 0 Å². The third kappa shape index (κ3) is 2.43. The summed E-state index contributed by atoms with van der Waals surface area (Å²) in [5.41, 5.74) is 0. The summed E-state index contributed by atoms with van der Waals surface area (Å²) in [6.07, 6.45) is 1.12. The molecule has 66 valence electrons. The van der Waals surface area contributed by atoms with Crippen molar-refractivity contribution < 1.29 is 5.11 Å². The lowest BCUT2D eigenvalue weighted by molar-refractivity contribution is 0.143. The minimum Gasteiger partial charge on any atom is -0.396 e. The van der Waals surface area contributed by atoms with Crippen LogP contribution in [0.1, 0.15) is 6.42 Å². The van der Waals surface area contributed by atoms with Crippen LogP contribution < -0.4 is 5.32 Å². The summed E-state index contributed by atoms with van der Waals surface area (Å²) >= 11 is 0. The molecule has 1 saturated heterocycles. The van der Waals surface area contributed by atoms with E-state index in [2.05, 4.69) is 24.3 Å². The molecule has 2 atom stereocenters. The summed E-state index contributed by atoms with van der Waals surface area (Å²) in [5, 5.41) is 12.2. The smallest absolute Gasteiger partial charge is 0.0472 e. The van der Waals surface area contributed by atoms with Crippen molar-refractivity contribution in [2.45, 2.75) is 12.5 Å². The highest BCUT2D eigenvalue weighted by atomic mass is 16.3. The molecule has 1 fully saturated rings. The molecule has 1 rings (SSSR count). The molecular weight excluding hydrogens is 140 g/mol. The molecule has 11 heavy (non-hydrogen) atoms. The van der Waals surface area contributed by atoms with Crippen molar-refractivity contribution in [3.05, 3.63) is 0 Å². The van der Waals surface area contributed by atoms with Crippen LogP contribution >= 0.6 is 0 Å². The van der Waals surface area contributed by atoms with Gasteiger partial charge in [-0.1, -0.05) is 0 Å². The molecule has 0 spiro atoms. The predicted octanol–water partition coefficient (Wildman–Crippen LogP) is -0.482. The Hall–Kier alpha value is -0.120. The van der Waals surface area contributed by atoms with Crippen LogP contribution in [-0.2, 0) is 0 Å². The standard InChI is InChI=1S/C8H18N2O/c1-10(2)8-3-7(6-11)4-9-5-8/h7-9,11H,3-6H2,1-2H3. The molecule has 0 amide bonds. The lowest BCUT2D eigenvalue weighted by Crippen LogP contribution is -2.47. The second-order valence-corrected chi connectivity index (χ2v) is 3.56. The third-order valence-electron chi connectivity index (χ3n) is 2.41. The van der Waals surface area contributed by atoms with Crippen molar-refractivity contribution in [3.63, 3.8) is 0 Å². The van der Waals surface area contributed by atoms with Gasteiger partial charge in [0.2, 0.25) is 0 Å². The van der Waals surface area contributed by atoms with E-state index in [9.17, 15) is 0 Å². The highest BCUT2D eigenvalue weighted by Crippen LogP contribution is 2.12. The van der Waals surface area contributed by atoms with E-state index in [1.807, 2.05) is 0 Å². The van der Waals surface area contributed by atoms with Gasteiger partial charge in [-0.2, -0.15) is 0 Å². The van der Waals surface area contributed by atoms with Crippen molar-refractivity contribution >= 4 is 0 Å². The van der Waals surface area contributed by atoms with E-state index in [0.29, 0.717) is 18.6 Å². The summed E-state index contributed by atoms with van der Waals surface area (Å²) in [5.74, 6) is 0.455. The number of nitrogens with one attached hydrogen (secondary N) is 1. The summed E-state index contributed by atoms with van der Waals surface area (Å²) in [6.45, 7) is 2.35. The van der Waals surface area contributed by atoms with Crippen LogP contribution in [0.25, 0.3) is 0 Å². The van der Waals surface area contributed by atoms with Gasteiger partial charge in [-0.05, 0) is 26.4 Å². The zero-order valence-electron chi connectivity index (χ0n) is 7.38. The van der Waals surface area contributed by atoms with Gasteiger partial charge in [0.1, 0.15) is 0 Å². The first kappa shape index (κ1) is 8.97. The molecule has 2 unspecified atom stereocenters. The summed E-state index contributed by atoms with van der Waals surface area (Å²) in [6, 6.07) is 0.598. The molecular formula is C8H18N2O. The Bertz CT molecular complexity index is 117. The van der Waals surface area contributed by atoms with Crippen LogP contribution in [0.3, 0.4) is 0 Å². The second-order valence-electron chi connectivity index (χ2n) is 3.56. The number of hydrogen-bond donors (Lipinski definition) is 2. The van der Waals surface area contributed by atoms with Crippen LogP contribution in [-0.4, -0.2) is 49.8 Å². The largest absolute Gasteiger partial charge is 0.396 e. The molecule has 0 aliphatic carbocycles. The Labute approximate surface area is 68.4 Å². The fourth-order valence-corrected chi connectivity index (χ4v) is 1.54. The number of aliphatic hydroxyl groups is 1. The Morgan fingerprint density at radius 2 is 2.18 bits per heavy atom. The molecule has 0 bridgehead atoms. The van der Waals surface area contributed by atoms with Gasteiger partial charge in [-0.15, -0.1) is 0 Å². The maximum atomic E-state index is 8.93. The molecule has 2 N–H and O–H groups in total. The van der Waals surface area contributed by atoms with Gasteiger partial charge in [0, 0.05) is 25.7 Å². The van der Waals surface area contributed by atoms with Gasteiger partial charge in [-0.3, -0.25) is 0 Å². The molecule has 1 aliphatic rings. The second kappa shape index (κ2) is 4.04. The van der Waals surface area contributed by atoms with Gasteiger partial charge >= 0.3 is 0 Å². The average Bonchev–Trinajstić information content (AvgIpc) is 2.05. The summed E-state index contributed by atoms with van der Waals surface area (Å²) in [7, 11) is 4.18. The number of nitrogens with zero attached hydrogens (tertiary/aromatic N) is 1. The minimum absolute atomic E-state index is 0.317. The first-order valence-electron chi connectivity index (χ1n) is 4.22. The molecule has 1 heterocycles. The minimum atomic E-state index is 0.317. The zero-order chi connectivity index (χ0) is 8.27. The molecule has 3 heteroatoms. The van der Waals surface area contributed by atoms with E-state index in [1.54, 1.807) is 0 Å². The van der Waals surface area contributed by atoms with Gasteiger partial charge in [0.15, 0.2) is 0 Å². The maximum absolute atomic E-state index is 8.93. The molecule has 0 radical (unpaired) electrons. The van der Waals surface area contributed by atoms with Crippen molar-refractivity contribution in [2.24, 2.45) is 5.92 Å². The number of aliphatic hydroxyl groups excluding tert-OH is 1. The first-order chi connectivity index (χ1) is 5.24. The van der Waals surface area contributed by atoms with Gasteiger partial charge in [-0.25, -0.2) is 0 Å². The van der Waals surface area contributed by atoms with Crippen molar-refractivity contribution in [2.75, 3.05) is 33.8 Å². The number of piperidine rings is 1. The van der Waals surface area contributed by atoms with Gasteiger partial charge < -0.3 is 15.3 Å².